The van der Waals surface area contributed by atoms with E-state index in [2.05, 4.69) is 10.2 Å². The second-order valence-electron chi connectivity index (χ2n) is 5.75. The minimum atomic E-state index is -0.793. The quantitative estimate of drug-likeness (QED) is 0.872. The lowest BCUT2D eigenvalue weighted by Crippen LogP contribution is -2.57. The number of aryl methyl sites for hydroxylation is 1. The number of anilines is 1. The minimum Gasteiger partial charge on any atom is -0.479 e. The first-order valence-electron chi connectivity index (χ1n) is 6.91. The highest BCUT2D eigenvalue weighted by Crippen LogP contribution is 2.38. The second-order valence-corrected chi connectivity index (χ2v) is 5.75. The van der Waals surface area contributed by atoms with Crippen molar-refractivity contribution in [2.24, 2.45) is 5.92 Å². The van der Waals surface area contributed by atoms with Crippen molar-refractivity contribution in [2.45, 2.75) is 25.3 Å². The molecule has 102 valence electrons. The third-order valence-electron chi connectivity index (χ3n) is 4.68. The van der Waals surface area contributed by atoms with Crippen LogP contribution in [0.25, 0.3) is 0 Å². The number of nitrogens with zero attached hydrogens (tertiary/aromatic N) is 1. The molecule has 3 atom stereocenters. The summed E-state index contributed by atoms with van der Waals surface area (Å²) in [5.41, 5.74) is 1.26. The maximum Gasteiger partial charge on any atom is 0.329 e. The Morgan fingerprint density at radius 2 is 2.21 bits per heavy atom. The van der Waals surface area contributed by atoms with Gasteiger partial charge in [-0.15, -0.1) is 0 Å². The van der Waals surface area contributed by atoms with Crippen LogP contribution in [-0.2, 0) is 4.79 Å². The molecule has 19 heavy (non-hydrogen) atoms. The number of hydrogen-bond donors (Lipinski definition) is 2. The topological polar surface area (TPSA) is 52.6 Å². The third-order valence-corrected chi connectivity index (χ3v) is 4.68. The lowest BCUT2D eigenvalue weighted by atomic mass is 9.78. The maximum atomic E-state index is 11.9. The largest absolute Gasteiger partial charge is 0.479 e. The van der Waals surface area contributed by atoms with Crippen LogP contribution in [0.3, 0.4) is 0 Å². The van der Waals surface area contributed by atoms with Gasteiger partial charge < -0.3 is 15.3 Å². The fourth-order valence-electron chi connectivity index (χ4n) is 3.43. The average molecular weight is 260 g/mol. The Labute approximate surface area is 113 Å². The Kier molecular flexibility index (Phi) is 2.97. The van der Waals surface area contributed by atoms with Crippen LogP contribution >= 0.6 is 0 Å². The highest BCUT2D eigenvalue weighted by molar-refractivity contribution is 5.84. The van der Waals surface area contributed by atoms with E-state index in [1.54, 1.807) is 0 Å². The van der Waals surface area contributed by atoms with Crippen molar-refractivity contribution in [2.75, 3.05) is 25.0 Å². The van der Waals surface area contributed by atoms with E-state index < -0.39 is 11.5 Å². The number of hydrogen-bond acceptors (Lipinski definition) is 3. The molecular formula is C15H20N2O2. The maximum absolute atomic E-state index is 11.9. The van der Waals surface area contributed by atoms with E-state index in [-0.39, 0.29) is 5.92 Å². The zero-order valence-corrected chi connectivity index (χ0v) is 11.2. The monoisotopic (exact) mass is 260 g/mol. The first-order valence-corrected chi connectivity index (χ1v) is 6.91. The zero-order valence-electron chi connectivity index (χ0n) is 11.2. The molecule has 2 saturated heterocycles. The fourth-order valence-corrected chi connectivity index (χ4v) is 3.43. The number of piperidine rings is 1. The predicted octanol–water partition coefficient (Wildman–Crippen LogP) is 1.96. The van der Waals surface area contributed by atoms with E-state index >= 15 is 0 Å². The molecule has 0 saturated carbocycles. The van der Waals surface area contributed by atoms with Crippen LogP contribution in [0, 0.1) is 12.8 Å². The molecule has 0 aromatic heterocycles. The molecule has 0 amide bonds. The first-order chi connectivity index (χ1) is 9.12. The van der Waals surface area contributed by atoms with Crippen LogP contribution in [0.5, 0.6) is 0 Å². The predicted molar refractivity (Wildman–Crippen MR) is 74.3 cm³/mol. The van der Waals surface area contributed by atoms with Gasteiger partial charge in [-0.1, -0.05) is 18.2 Å². The summed E-state index contributed by atoms with van der Waals surface area (Å²) in [6.45, 7) is 4.84. The zero-order chi connectivity index (χ0) is 13.5. The molecule has 0 aliphatic carbocycles. The molecule has 2 aliphatic heterocycles. The van der Waals surface area contributed by atoms with Gasteiger partial charge in [0.2, 0.25) is 0 Å². The SMILES string of the molecule is Cc1ccccc1NC1(C(=O)O)CCN2CCC1C2. The van der Waals surface area contributed by atoms with Crippen LogP contribution in [0.4, 0.5) is 5.69 Å². The fraction of sp³-hybridized carbons (Fsp3) is 0.533. The first kappa shape index (κ1) is 12.5. The molecule has 0 radical (unpaired) electrons. The Morgan fingerprint density at radius 3 is 2.95 bits per heavy atom. The summed E-state index contributed by atoms with van der Waals surface area (Å²) in [7, 11) is 0. The van der Waals surface area contributed by atoms with Crippen LogP contribution in [0.1, 0.15) is 18.4 Å². The number of benzene rings is 1. The van der Waals surface area contributed by atoms with Crippen molar-refractivity contribution >= 4 is 11.7 Å². The molecule has 2 aliphatic rings. The van der Waals surface area contributed by atoms with Gasteiger partial charge in [0.25, 0.3) is 0 Å². The van der Waals surface area contributed by atoms with Crippen LogP contribution < -0.4 is 5.32 Å². The number of carbonyl (C=O) groups is 1. The van der Waals surface area contributed by atoms with Gasteiger partial charge in [0, 0.05) is 24.7 Å². The molecule has 3 rings (SSSR count). The third kappa shape index (κ3) is 2.00. The van der Waals surface area contributed by atoms with Crippen LogP contribution in [-0.4, -0.2) is 41.1 Å². The summed E-state index contributed by atoms with van der Waals surface area (Å²) in [5, 5.41) is 13.1. The number of nitrogens with one attached hydrogen (secondary N) is 1. The number of aliphatic carboxylic acids is 1. The summed E-state index contributed by atoms with van der Waals surface area (Å²) in [5.74, 6) is -0.499. The molecule has 4 nitrogen and oxygen atoms in total. The van der Waals surface area contributed by atoms with Gasteiger partial charge in [-0.2, -0.15) is 0 Å². The van der Waals surface area contributed by atoms with Crippen LogP contribution in [0.15, 0.2) is 24.3 Å². The molecule has 4 heteroatoms. The van der Waals surface area contributed by atoms with Gasteiger partial charge in [0.1, 0.15) is 5.54 Å². The summed E-state index contributed by atoms with van der Waals surface area (Å²) in [6.07, 6.45) is 1.66. The smallest absolute Gasteiger partial charge is 0.329 e. The molecular weight excluding hydrogens is 240 g/mol. The standard InChI is InChI=1S/C15H20N2O2/c1-11-4-2-3-5-13(11)16-15(14(18)19)7-9-17-8-6-12(15)10-17/h2-5,12,16H,6-10H2,1H3,(H,18,19). The number of fused-ring (bicyclic) bond motifs is 2. The summed E-state index contributed by atoms with van der Waals surface area (Å²) in [6, 6.07) is 7.92. The Bertz CT molecular complexity index is 503. The number of para-hydroxylation sites is 1. The van der Waals surface area contributed by atoms with Crippen molar-refractivity contribution in [3.63, 3.8) is 0 Å². The van der Waals surface area contributed by atoms with Gasteiger partial charge in [-0.3, -0.25) is 0 Å². The van der Waals surface area contributed by atoms with Gasteiger partial charge in [0.05, 0.1) is 0 Å². The minimum absolute atomic E-state index is 0.207. The number of carboxylic acids is 1. The molecule has 1 aromatic carbocycles. The summed E-state index contributed by atoms with van der Waals surface area (Å²) < 4.78 is 0. The normalized spacial score (nSPS) is 33.1. The summed E-state index contributed by atoms with van der Waals surface area (Å²) >= 11 is 0. The van der Waals surface area contributed by atoms with E-state index in [9.17, 15) is 9.90 Å². The van der Waals surface area contributed by atoms with Crippen molar-refractivity contribution in [3.8, 4) is 0 Å². The van der Waals surface area contributed by atoms with Gasteiger partial charge in [-0.05, 0) is 37.9 Å². The lowest BCUT2D eigenvalue weighted by molar-refractivity contribution is -0.145. The molecule has 2 fully saturated rings. The van der Waals surface area contributed by atoms with Crippen LogP contribution in [0.2, 0.25) is 0 Å². The molecule has 2 heterocycles. The second kappa shape index (κ2) is 4.53. The Morgan fingerprint density at radius 1 is 1.42 bits per heavy atom. The van der Waals surface area contributed by atoms with Crippen molar-refractivity contribution in [3.05, 3.63) is 29.8 Å². The van der Waals surface area contributed by atoms with Gasteiger partial charge >= 0.3 is 5.97 Å². The Balaban J connectivity index is 1.93. The van der Waals surface area contributed by atoms with Crippen molar-refractivity contribution < 1.29 is 9.90 Å². The average Bonchev–Trinajstić information content (AvgIpc) is 2.79. The van der Waals surface area contributed by atoms with Gasteiger partial charge in [0.15, 0.2) is 0 Å². The van der Waals surface area contributed by atoms with Crippen molar-refractivity contribution in [1.82, 2.24) is 4.90 Å². The molecule has 2 N–H and O–H groups in total. The van der Waals surface area contributed by atoms with Gasteiger partial charge in [-0.25, -0.2) is 4.79 Å². The number of rotatable bonds is 3. The lowest BCUT2D eigenvalue weighted by Gasteiger charge is -2.41. The Hall–Kier alpha value is -1.55. The van der Waals surface area contributed by atoms with E-state index in [4.69, 9.17) is 0 Å². The van der Waals surface area contributed by atoms with E-state index in [1.165, 1.54) is 0 Å². The van der Waals surface area contributed by atoms with E-state index in [1.807, 2.05) is 31.2 Å². The van der Waals surface area contributed by atoms with E-state index in [0.29, 0.717) is 6.42 Å². The summed E-state index contributed by atoms with van der Waals surface area (Å²) in [4.78, 5) is 14.3. The van der Waals surface area contributed by atoms with E-state index in [0.717, 1.165) is 37.3 Å². The molecule has 0 spiro atoms. The number of carboxylic acid groups (broad SMARTS) is 1. The molecule has 2 bridgehead atoms. The molecule has 3 unspecified atom stereocenters. The highest BCUT2D eigenvalue weighted by Gasteiger charge is 2.51. The van der Waals surface area contributed by atoms with Crippen molar-refractivity contribution in [1.29, 1.82) is 0 Å². The highest BCUT2D eigenvalue weighted by atomic mass is 16.4. The molecule has 1 aromatic rings.